The lowest BCUT2D eigenvalue weighted by Crippen LogP contribution is -2.29. The smallest absolute Gasteiger partial charge is 0.250 e. The molecular weight excluding hydrogens is 296 g/mol. The van der Waals surface area contributed by atoms with Gasteiger partial charge in [0, 0.05) is 30.6 Å². The first-order chi connectivity index (χ1) is 9.63. The molecule has 1 unspecified atom stereocenters. The summed E-state index contributed by atoms with van der Waals surface area (Å²) in [5.74, 6) is 0.306. The largest absolute Gasteiger partial charge is 0.381 e. The minimum atomic E-state index is -3.36. The summed E-state index contributed by atoms with van der Waals surface area (Å²) in [6, 6.07) is 4.23. The van der Waals surface area contributed by atoms with Gasteiger partial charge in [-0.2, -0.15) is 0 Å². The minimum absolute atomic E-state index is 0.306. The van der Waals surface area contributed by atoms with Crippen LogP contribution in [0.25, 0.3) is 0 Å². The van der Waals surface area contributed by atoms with Gasteiger partial charge in [0.15, 0.2) is 0 Å². The highest BCUT2D eigenvalue weighted by molar-refractivity contribution is 7.91. The second-order valence-corrected chi connectivity index (χ2v) is 8.62. The van der Waals surface area contributed by atoms with Crippen LogP contribution in [0.1, 0.15) is 24.1 Å². The Hall–Kier alpha value is -0.470. The van der Waals surface area contributed by atoms with E-state index >= 15 is 0 Å². The highest BCUT2D eigenvalue weighted by Gasteiger charge is 2.23. The van der Waals surface area contributed by atoms with E-state index in [-0.39, 0.29) is 0 Å². The fourth-order valence-electron chi connectivity index (χ4n) is 2.17. The molecule has 0 radical (unpaired) electrons. The van der Waals surface area contributed by atoms with E-state index in [1.807, 2.05) is 6.07 Å². The monoisotopic (exact) mass is 316 g/mol. The molecule has 0 aromatic carbocycles. The van der Waals surface area contributed by atoms with Crippen LogP contribution in [0.15, 0.2) is 16.3 Å². The zero-order valence-electron chi connectivity index (χ0n) is 11.3. The molecule has 1 saturated carbocycles. The summed E-state index contributed by atoms with van der Waals surface area (Å²) in [6.07, 6.45) is 3.41. The van der Waals surface area contributed by atoms with Gasteiger partial charge < -0.3 is 10.1 Å². The maximum absolute atomic E-state index is 12.2. The van der Waals surface area contributed by atoms with Crippen molar-refractivity contribution in [3.63, 3.8) is 0 Å². The van der Waals surface area contributed by atoms with Gasteiger partial charge in [-0.05, 0) is 37.3 Å². The predicted molar refractivity (Wildman–Crippen MR) is 78.3 cm³/mol. The lowest BCUT2D eigenvalue weighted by atomic mass is 10.1. The number of rotatable bonds is 7. The van der Waals surface area contributed by atoms with Crippen LogP contribution in [0.3, 0.4) is 0 Å². The molecule has 112 valence electrons. The Morgan fingerprint density at radius 3 is 2.85 bits per heavy atom. The van der Waals surface area contributed by atoms with Gasteiger partial charge in [-0.15, -0.1) is 11.3 Å². The Morgan fingerprint density at radius 2 is 2.15 bits per heavy atom. The fourth-order valence-corrected chi connectivity index (χ4v) is 4.64. The van der Waals surface area contributed by atoms with Gasteiger partial charge in [0.1, 0.15) is 4.21 Å². The van der Waals surface area contributed by atoms with Crippen molar-refractivity contribution in [1.29, 1.82) is 0 Å². The van der Waals surface area contributed by atoms with Crippen LogP contribution in [-0.4, -0.2) is 34.2 Å². The SMILES string of the molecule is O=S(=O)(NCC1CCOC1)c1ccc(CNC2CC2)s1. The Bertz CT molecular complexity index is 546. The van der Waals surface area contributed by atoms with Gasteiger partial charge in [0.2, 0.25) is 10.0 Å². The number of hydrogen-bond donors (Lipinski definition) is 2. The molecule has 0 amide bonds. The van der Waals surface area contributed by atoms with Crippen LogP contribution >= 0.6 is 11.3 Å². The molecule has 2 heterocycles. The number of ether oxygens (including phenoxy) is 1. The molecule has 2 aliphatic rings. The zero-order valence-corrected chi connectivity index (χ0v) is 12.9. The first-order valence-corrected chi connectivity index (χ1v) is 9.33. The average molecular weight is 316 g/mol. The molecular formula is C13H20N2O3S2. The summed E-state index contributed by atoms with van der Waals surface area (Å²) in [7, 11) is -3.36. The van der Waals surface area contributed by atoms with Crippen molar-refractivity contribution in [3.8, 4) is 0 Å². The summed E-state index contributed by atoms with van der Waals surface area (Å²) >= 11 is 1.35. The molecule has 2 N–H and O–H groups in total. The van der Waals surface area contributed by atoms with Gasteiger partial charge in [-0.3, -0.25) is 0 Å². The predicted octanol–water partition coefficient (Wildman–Crippen LogP) is 1.31. The summed E-state index contributed by atoms with van der Waals surface area (Å²) in [5.41, 5.74) is 0. The molecule has 1 aliphatic carbocycles. The summed E-state index contributed by atoms with van der Waals surface area (Å²) < 4.78 is 32.7. The standard InChI is InChI=1S/C13H20N2O3S2/c16-20(17,15-7-10-5-6-18-9-10)13-4-3-12(19-13)8-14-11-1-2-11/h3-4,10-11,14-15H,1-2,5-9H2. The van der Waals surface area contributed by atoms with E-state index in [2.05, 4.69) is 10.0 Å². The van der Waals surface area contributed by atoms with E-state index in [0.717, 1.165) is 24.4 Å². The molecule has 2 fully saturated rings. The fraction of sp³-hybridized carbons (Fsp3) is 0.692. The molecule has 0 bridgehead atoms. The van der Waals surface area contributed by atoms with Crippen molar-refractivity contribution in [2.24, 2.45) is 5.92 Å². The van der Waals surface area contributed by atoms with Gasteiger partial charge in [0.25, 0.3) is 0 Å². The molecule has 1 aliphatic heterocycles. The molecule has 3 rings (SSSR count). The Labute approximate surface area is 123 Å². The van der Waals surface area contributed by atoms with Crippen LogP contribution in [-0.2, 0) is 21.3 Å². The van der Waals surface area contributed by atoms with Crippen molar-refractivity contribution < 1.29 is 13.2 Å². The molecule has 0 spiro atoms. The van der Waals surface area contributed by atoms with E-state index in [9.17, 15) is 8.42 Å². The summed E-state index contributed by atoms with van der Waals surface area (Å²) in [4.78, 5) is 1.07. The van der Waals surface area contributed by atoms with Crippen LogP contribution < -0.4 is 10.0 Å². The van der Waals surface area contributed by atoms with Crippen LogP contribution in [0.2, 0.25) is 0 Å². The second-order valence-electron chi connectivity index (χ2n) is 5.46. The second kappa shape index (κ2) is 6.11. The van der Waals surface area contributed by atoms with E-state index in [1.54, 1.807) is 6.07 Å². The molecule has 1 aromatic heterocycles. The third kappa shape index (κ3) is 3.79. The van der Waals surface area contributed by atoms with Crippen molar-refractivity contribution in [2.75, 3.05) is 19.8 Å². The van der Waals surface area contributed by atoms with Gasteiger partial charge in [0.05, 0.1) is 6.61 Å². The topological polar surface area (TPSA) is 67.4 Å². The van der Waals surface area contributed by atoms with Crippen LogP contribution in [0.4, 0.5) is 0 Å². The molecule has 1 aromatic rings. The Kier molecular flexibility index (Phi) is 4.42. The van der Waals surface area contributed by atoms with Crippen molar-refractivity contribution >= 4 is 21.4 Å². The molecule has 1 saturated heterocycles. The Balaban J connectivity index is 1.55. The van der Waals surface area contributed by atoms with E-state index in [4.69, 9.17) is 4.74 Å². The lowest BCUT2D eigenvalue weighted by molar-refractivity contribution is 0.186. The minimum Gasteiger partial charge on any atom is -0.381 e. The number of hydrogen-bond acceptors (Lipinski definition) is 5. The maximum atomic E-state index is 12.2. The van der Waals surface area contributed by atoms with Crippen molar-refractivity contribution in [3.05, 3.63) is 17.0 Å². The van der Waals surface area contributed by atoms with Crippen molar-refractivity contribution in [1.82, 2.24) is 10.0 Å². The number of thiophene rings is 1. The van der Waals surface area contributed by atoms with E-state index in [0.29, 0.717) is 29.3 Å². The van der Waals surface area contributed by atoms with Gasteiger partial charge >= 0.3 is 0 Å². The van der Waals surface area contributed by atoms with E-state index in [1.165, 1.54) is 24.2 Å². The molecule has 20 heavy (non-hydrogen) atoms. The molecule has 5 nitrogen and oxygen atoms in total. The average Bonchev–Trinajstić information content (AvgIpc) is 2.94. The molecule has 1 atom stereocenters. The summed E-state index contributed by atoms with van der Waals surface area (Å²) in [5, 5.41) is 3.39. The first kappa shape index (κ1) is 14.5. The summed E-state index contributed by atoms with van der Waals surface area (Å²) in [6.45, 7) is 2.63. The number of sulfonamides is 1. The number of nitrogens with one attached hydrogen (secondary N) is 2. The highest BCUT2D eigenvalue weighted by Crippen LogP contribution is 2.24. The third-order valence-corrected chi connectivity index (χ3v) is 6.63. The zero-order chi connectivity index (χ0) is 14.0. The lowest BCUT2D eigenvalue weighted by Gasteiger charge is -2.08. The third-order valence-electron chi connectivity index (χ3n) is 3.63. The maximum Gasteiger partial charge on any atom is 0.250 e. The normalized spacial score (nSPS) is 23.3. The van der Waals surface area contributed by atoms with Crippen LogP contribution in [0.5, 0.6) is 0 Å². The van der Waals surface area contributed by atoms with Crippen molar-refractivity contribution in [2.45, 2.75) is 36.1 Å². The highest BCUT2D eigenvalue weighted by atomic mass is 32.2. The quantitative estimate of drug-likeness (QED) is 0.796. The van der Waals surface area contributed by atoms with E-state index < -0.39 is 10.0 Å². The Morgan fingerprint density at radius 1 is 1.30 bits per heavy atom. The molecule has 7 heteroatoms. The van der Waals surface area contributed by atoms with Gasteiger partial charge in [-0.25, -0.2) is 13.1 Å². The first-order valence-electron chi connectivity index (χ1n) is 7.03. The van der Waals surface area contributed by atoms with Crippen LogP contribution in [0, 0.1) is 5.92 Å². The van der Waals surface area contributed by atoms with Gasteiger partial charge in [-0.1, -0.05) is 0 Å².